The second-order valence-electron chi connectivity index (χ2n) is 2.00. The highest BCUT2D eigenvalue weighted by Crippen LogP contribution is 2.29. The molecule has 0 aliphatic carbocycles. The molecule has 1 nitrogen and oxygen atoms in total. The number of alkyl halides is 1. The largest absolute Gasteiger partial charge is 0.504 e. The highest BCUT2D eigenvalue weighted by molar-refractivity contribution is 9.10. The molecule has 0 saturated carbocycles. The number of hydrogen-bond donors (Lipinski definition) is 1. The van der Waals surface area contributed by atoms with E-state index in [1.807, 2.05) is 0 Å². The molecule has 4 heteroatoms. The molecule has 11 heavy (non-hydrogen) atoms. The fourth-order valence-corrected chi connectivity index (χ4v) is 1.20. The van der Waals surface area contributed by atoms with Crippen LogP contribution in [0, 0.1) is 5.82 Å². The number of phenolic OH excluding ortho intramolecular Hbond substituents is 1. The van der Waals surface area contributed by atoms with Crippen molar-refractivity contribution in [1.29, 1.82) is 0 Å². The molecule has 0 aliphatic heterocycles. The van der Waals surface area contributed by atoms with Crippen molar-refractivity contribution in [3.05, 3.63) is 28.0 Å². The molecule has 0 bridgehead atoms. The number of hydrogen-bond acceptors (Lipinski definition) is 1. The van der Waals surface area contributed by atoms with Gasteiger partial charge in [-0.05, 0) is 22.0 Å². The van der Waals surface area contributed by atoms with Crippen molar-refractivity contribution in [2.24, 2.45) is 0 Å². The maximum atomic E-state index is 12.9. The molecular weight excluding hydrogens is 234 g/mol. The quantitative estimate of drug-likeness (QED) is 0.747. The predicted octanol–water partition coefficient (Wildman–Crippen LogP) is 3.03. The van der Waals surface area contributed by atoms with Gasteiger partial charge in [0.1, 0.15) is 0 Å². The van der Waals surface area contributed by atoms with Crippen molar-refractivity contribution in [1.82, 2.24) is 0 Å². The van der Waals surface area contributed by atoms with Crippen molar-refractivity contribution in [2.45, 2.75) is 5.88 Å². The third kappa shape index (κ3) is 1.65. The summed E-state index contributed by atoms with van der Waals surface area (Å²) in [5.41, 5.74) is 0.298. The summed E-state index contributed by atoms with van der Waals surface area (Å²) in [4.78, 5) is 0. The van der Waals surface area contributed by atoms with Crippen molar-refractivity contribution < 1.29 is 9.50 Å². The molecule has 1 aromatic carbocycles. The summed E-state index contributed by atoms with van der Waals surface area (Å²) < 4.78 is 13.2. The molecule has 0 spiro atoms. The third-order valence-corrected chi connectivity index (χ3v) is 2.22. The van der Waals surface area contributed by atoms with Gasteiger partial charge in [0.05, 0.1) is 10.4 Å². The van der Waals surface area contributed by atoms with Crippen LogP contribution in [0.15, 0.2) is 16.6 Å². The third-order valence-electron chi connectivity index (χ3n) is 1.29. The lowest BCUT2D eigenvalue weighted by Crippen LogP contribution is -1.86. The molecule has 60 valence electrons. The summed E-state index contributed by atoms with van der Waals surface area (Å²) in [5, 5.41) is 9.04. The fraction of sp³-hybridized carbons (Fsp3) is 0.143. The van der Waals surface area contributed by atoms with Gasteiger partial charge in [0.2, 0.25) is 0 Å². The second-order valence-corrected chi connectivity index (χ2v) is 3.12. The Morgan fingerprint density at radius 2 is 2.18 bits per heavy atom. The maximum absolute atomic E-state index is 12.9. The van der Waals surface area contributed by atoms with Crippen LogP contribution in [0.25, 0.3) is 0 Å². The molecule has 0 aliphatic rings. The minimum atomic E-state index is -0.658. The van der Waals surface area contributed by atoms with Crippen LogP contribution in [0.5, 0.6) is 5.75 Å². The Morgan fingerprint density at radius 1 is 1.55 bits per heavy atom. The molecule has 0 amide bonds. The molecule has 1 rings (SSSR count). The molecule has 0 aromatic heterocycles. The molecule has 1 aromatic rings. The van der Waals surface area contributed by atoms with Gasteiger partial charge in [-0.1, -0.05) is 6.07 Å². The van der Waals surface area contributed by atoms with Crippen LogP contribution in [0.1, 0.15) is 5.56 Å². The highest BCUT2D eigenvalue weighted by atomic mass is 79.9. The summed E-state index contributed by atoms with van der Waals surface area (Å²) in [6.07, 6.45) is 0. The SMILES string of the molecule is Oc1c(Br)ccc(CCl)c1F. The number of halogens is 3. The minimum absolute atomic E-state index is 0.0622. The highest BCUT2D eigenvalue weighted by Gasteiger charge is 2.08. The Labute approximate surface area is 76.9 Å². The van der Waals surface area contributed by atoms with Crippen molar-refractivity contribution in [3.8, 4) is 5.75 Å². The maximum Gasteiger partial charge on any atom is 0.170 e. The monoisotopic (exact) mass is 238 g/mol. The van der Waals surface area contributed by atoms with E-state index in [2.05, 4.69) is 15.9 Å². The lowest BCUT2D eigenvalue weighted by Gasteiger charge is -2.01. The van der Waals surface area contributed by atoms with Crippen molar-refractivity contribution in [3.63, 3.8) is 0 Å². The molecule has 0 unspecified atom stereocenters. The fourth-order valence-electron chi connectivity index (χ4n) is 0.686. The Hall–Kier alpha value is -0.280. The summed E-state index contributed by atoms with van der Waals surface area (Å²) >= 11 is 8.37. The van der Waals surface area contributed by atoms with Gasteiger partial charge in [0, 0.05) is 5.56 Å². The standard InChI is InChI=1S/C7H5BrClFO/c8-5-2-1-4(3-9)6(10)7(5)11/h1-2,11H,3H2. The lowest BCUT2D eigenvalue weighted by atomic mass is 10.2. The first-order chi connectivity index (χ1) is 5.16. The lowest BCUT2D eigenvalue weighted by molar-refractivity contribution is 0.426. The number of phenols is 1. The van der Waals surface area contributed by atoms with Gasteiger partial charge < -0.3 is 5.11 Å². The van der Waals surface area contributed by atoms with E-state index in [9.17, 15) is 4.39 Å². The van der Waals surface area contributed by atoms with Crippen LogP contribution < -0.4 is 0 Å². The Morgan fingerprint density at radius 3 is 2.73 bits per heavy atom. The smallest absolute Gasteiger partial charge is 0.170 e. The van der Waals surface area contributed by atoms with Gasteiger partial charge in [-0.15, -0.1) is 11.6 Å². The molecule has 0 heterocycles. The Kier molecular flexibility index (Phi) is 2.73. The summed E-state index contributed by atoms with van der Waals surface area (Å²) in [6.45, 7) is 0. The number of rotatable bonds is 1. The van der Waals surface area contributed by atoms with Crippen LogP contribution in [-0.4, -0.2) is 5.11 Å². The Bertz CT molecular complexity index is 277. The van der Waals surface area contributed by atoms with Gasteiger partial charge in [-0.3, -0.25) is 0 Å². The predicted molar refractivity (Wildman–Crippen MR) is 45.3 cm³/mol. The van der Waals surface area contributed by atoms with Crippen LogP contribution >= 0.6 is 27.5 Å². The first-order valence-electron chi connectivity index (χ1n) is 2.88. The molecule has 0 fully saturated rings. The van der Waals surface area contributed by atoms with Gasteiger partial charge in [-0.2, -0.15) is 0 Å². The average molecular weight is 239 g/mol. The Balaban J connectivity index is 3.25. The molecule has 0 saturated heterocycles. The average Bonchev–Trinajstić information content (AvgIpc) is 2.01. The van der Waals surface area contributed by atoms with Gasteiger partial charge in [0.15, 0.2) is 11.6 Å². The van der Waals surface area contributed by atoms with E-state index in [0.717, 1.165) is 0 Å². The van der Waals surface area contributed by atoms with Crippen LogP contribution in [0.4, 0.5) is 4.39 Å². The second kappa shape index (κ2) is 3.41. The molecular formula is C7H5BrClFO. The molecule has 1 N–H and O–H groups in total. The van der Waals surface area contributed by atoms with Crippen molar-refractivity contribution >= 4 is 27.5 Å². The van der Waals surface area contributed by atoms with Crippen molar-refractivity contribution in [2.75, 3.05) is 0 Å². The van der Waals surface area contributed by atoms with E-state index < -0.39 is 5.82 Å². The normalized spacial score (nSPS) is 10.1. The first kappa shape index (κ1) is 8.81. The van der Waals surface area contributed by atoms with E-state index in [1.54, 1.807) is 6.07 Å². The van der Waals surface area contributed by atoms with Crippen LogP contribution in [-0.2, 0) is 5.88 Å². The first-order valence-corrected chi connectivity index (χ1v) is 4.21. The number of benzene rings is 1. The van der Waals surface area contributed by atoms with Crippen LogP contribution in [0.3, 0.4) is 0 Å². The van der Waals surface area contributed by atoms with E-state index in [0.29, 0.717) is 10.0 Å². The van der Waals surface area contributed by atoms with E-state index >= 15 is 0 Å². The van der Waals surface area contributed by atoms with Gasteiger partial charge in [-0.25, -0.2) is 4.39 Å². The zero-order valence-corrected chi connectivity index (χ0v) is 7.78. The number of aromatic hydroxyl groups is 1. The summed E-state index contributed by atoms with van der Waals surface area (Å²) in [5.74, 6) is -0.982. The van der Waals surface area contributed by atoms with E-state index in [1.165, 1.54) is 6.07 Å². The zero-order chi connectivity index (χ0) is 8.43. The van der Waals surface area contributed by atoms with Gasteiger partial charge in [0.25, 0.3) is 0 Å². The van der Waals surface area contributed by atoms with E-state index in [4.69, 9.17) is 16.7 Å². The molecule has 0 atom stereocenters. The zero-order valence-electron chi connectivity index (χ0n) is 5.44. The minimum Gasteiger partial charge on any atom is -0.504 e. The van der Waals surface area contributed by atoms with E-state index in [-0.39, 0.29) is 11.6 Å². The van der Waals surface area contributed by atoms with Gasteiger partial charge >= 0.3 is 0 Å². The summed E-state index contributed by atoms with van der Waals surface area (Å²) in [6, 6.07) is 3.07. The molecule has 0 radical (unpaired) electrons. The topological polar surface area (TPSA) is 20.2 Å². The van der Waals surface area contributed by atoms with Crippen LogP contribution in [0.2, 0.25) is 0 Å². The summed E-state index contributed by atoms with van der Waals surface area (Å²) in [7, 11) is 0.